The van der Waals surface area contributed by atoms with E-state index in [1.807, 2.05) is 0 Å². The van der Waals surface area contributed by atoms with Crippen LogP contribution in [0.5, 0.6) is 0 Å². The van der Waals surface area contributed by atoms with Crippen molar-refractivity contribution in [2.75, 3.05) is 0 Å². The minimum absolute atomic E-state index is 0.151. The van der Waals surface area contributed by atoms with Crippen LogP contribution in [-0.4, -0.2) is 17.2 Å². The highest BCUT2D eigenvalue weighted by molar-refractivity contribution is 6.40. The average Bonchev–Trinajstić information content (AvgIpc) is 1.96. The Labute approximate surface area is 77.2 Å². The first-order valence-corrected chi connectivity index (χ1v) is 4.12. The Morgan fingerprint density at radius 1 is 1.23 bits per heavy atom. The van der Waals surface area contributed by atoms with E-state index in [0.29, 0.717) is 0 Å². The highest BCUT2D eigenvalue weighted by atomic mass is 19.1. The second kappa shape index (κ2) is 3.90. The van der Waals surface area contributed by atoms with E-state index < -0.39 is 7.12 Å². The van der Waals surface area contributed by atoms with Crippen LogP contribution < -0.4 is 0 Å². The number of benzene rings is 1. The van der Waals surface area contributed by atoms with Crippen LogP contribution in [0.25, 0.3) is 0 Å². The predicted molar refractivity (Wildman–Crippen MR) is 49.8 cm³/mol. The molecule has 0 heterocycles. The average molecular weight is 182 g/mol. The van der Waals surface area contributed by atoms with E-state index in [0.717, 1.165) is 16.7 Å². The molecule has 0 aliphatic heterocycles. The van der Waals surface area contributed by atoms with E-state index in [4.69, 9.17) is 10.0 Å². The lowest BCUT2D eigenvalue weighted by Gasteiger charge is -2.08. The maximum Gasteiger partial charge on any atom is 0.456 e. The molecule has 0 unspecified atom stereocenters. The van der Waals surface area contributed by atoms with Gasteiger partial charge in [0.15, 0.2) is 0 Å². The molecule has 4 heteroatoms. The molecule has 2 nitrogen and oxygen atoms in total. The van der Waals surface area contributed by atoms with Gasteiger partial charge in [-0.1, -0.05) is 0 Å². The molecule has 0 saturated heterocycles. The molecule has 13 heavy (non-hydrogen) atoms. The van der Waals surface area contributed by atoms with Crippen LogP contribution in [0.4, 0.5) is 4.39 Å². The van der Waals surface area contributed by atoms with Gasteiger partial charge in [0.1, 0.15) is 5.82 Å². The van der Waals surface area contributed by atoms with Crippen molar-refractivity contribution in [3.63, 3.8) is 0 Å². The van der Waals surface area contributed by atoms with Gasteiger partial charge in [-0.25, -0.2) is 4.39 Å². The van der Waals surface area contributed by atoms with Crippen LogP contribution >= 0.6 is 0 Å². The predicted octanol–water partition coefficient (Wildman–Crippen LogP) is 0.997. The summed E-state index contributed by atoms with van der Waals surface area (Å²) in [5.41, 5.74) is 2.31. The molecule has 0 radical (unpaired) electrons. The Morgan fingerprint density at radius 3 is 2.08 bits per heavy atom. The van der Waals surface area contributed by atoms with Gasteiger partial charge in [0, 0.05) is 6.32 Å². The fourth-order valence-electron chi connectivity index (χ4n) is 1.45. The molecule has 0 aromatic heterocycles. The number of hydrogen-bond donors (Lipinski definition) is 2. The summed E-state index contributed by atoms with van der Waals surface area (Å²) < 4.78 is 12.8. The summed E-state index contributed by atoms with van der Waals surface area (Å²) in [5, 5.41) is 17.6. The molecule has 0 atom stereocenters. The van der Waals surface area contributed by atoms with Crippen LogP contribution in [0.2, 0.25) is 0 Å². The third kappa shape index (κ3) is 2.54. The van der Waals surface area contributed by atoms with Crippen molar-refractivity contribution in [2.24, 2.45) is 0 Å². The van der Waals surface area contributed by atoms with Crippen LogP contribution in [0.15, 0.2) is 12.1 Å². The lowest BCUT2D eigenvalue weighted by Crippen LogP contribution is -2.17. The summed E-state index contributed by atoms with van der Waals surface area (Å²) in [7, 11) is -1.37. The third-order valence-electron chi connectivity index (χ3n) is 2.05. The van der Waals surface area contributed by atoms with Crippen molar-refractivity contribution in [1.29, 1.82) is 0 Å². The first-order chi connectivity index (χ1) is 6.00. The van der Waals surface area contributed by atoms with Crippen molar-refractivity contribution in [3.8, 4) is 0 Å². The Hall–Kier alpha value is -0.865. The minimum atomic E-state index is -1.37. The van der Waals surface area contributed by atoms with Crippen molar-refractivity contribution in [3.05, 3.63) is 34.6 Å². The van der Waals surface area contributed by atoms with E-state index in [2.05, 4.69) is 0 Å². The summed E-state index contributed by atoms with van der Waals surface area (Å²) in [6.45, 7) is 3.52. The Balaban J connectivity index is 3.06. The highest BCUT2D eigenvalue weighted by Gasteiger charge is 2.12. The van der Waals surface area contributed by atoms with Gasteiger partial charge in [-0.05, 0) is 42.7 Å². The summed E-state index contributed by atoms with van der Waals surface area (Å²) >= 11 is 0. The van der Waals surface area contributed by atoms with Crippen LogP contribution in [0.1, 0.15) is 16.7 Å². The lowest BCUT2D eigenvalue weighted by atomic mass is 9.79. The Kier molecular flexibility index (Phi) is 3.06. The molecular weight excluding hydrogens is 170 g/mol. The lowest BCUT2D eigenvalue weighted by molar-refractivity contribution is 0.405. The molecule has 0 spiro atoms. The topological polar surface area (TPSA) is 40.5 Å². The smallest absolute Gasteiger partial charge is 0.427 e. The minimum Gasteiger partial charge on any atom is -0.427 e. The first-order valence-electron chi connectivity index (χ1n) is 4.12. The van der Waals surface area contributed by atoms with Gasteiger partial charge in [-0.2, -0.15) is 0 Å². The molecule has 0 aliphatic rings. The van der Waals surface area contributed by atoms with Crippen LogP contribution in [-0.2, 0) is 6.32 Å². The molecular formula is C9H12BFO2. The molecule has 1 rings (SSSR count). The van der Waals surface area contributed by atoms with E-state index in [1.165, 1.54) is 12.1 Å². The van der Waals surface area contributed by atoms with Gasteiger partial charge in [0.25, 0.3) is 0 Å². The second-order valence-corrected chi connectivity index (χ2v) is 3.20. The summed E-state index contributed by atoms with van der Waals surface area (Å²) in [4.78, 5) is 0. The van der Waals surface area contributed by atoms with Gasteiger partial charge in [-0.15, -0.1) is 0 Å². The number of hydrogen-bond acceptors (Lipinski definition) is 2. The molecule has 70 valence electrons. The zero-order valence-electron chi connectivity index (χ0n) is 7.71. The van der Waals surface area contributed by atoms with Crippen LogP contribution in [0, 0.1) is 19.7 Å². The zero-order valence-corrected chi connectivity index (χ0v) is 7.71. The highest BCUT2D eigenvalue weighted by Crippen LogP contribution is 2.16. The van der Waals surface area contributed by atoms with Gasteiger partial charge in [0.2, 0.25) is 0 Å². The maximum absolute atomic E-state index is 12.8. The monoisotopic (exact) mass is 182 g/mol. The normalized spacial score (nSPS) is 10.2. The van der Waals surface area contributed by atoms with Crippen molar-refractivity contribution < 1.29 is 14.4 Å². The standard InChI is InChI=1S/C9H12BFO2/c1-6-3-8(11)4-7(2)9(6)5-10(12)13/h3-4,12-13H,5H2,1-2H3. The van der Waals surface area contributed by atoms with Crippen molar-refractivity contribution in [1.82, 2.24) is 0 Å². The Bertz CT molecular complexity index is 289. The van der Waals surface area contributed by atoms with Crippen LogP contribution in [0.3, 0.4) is 0 Å². The SMILES string of the molecule is Cc1cc(F)cc(C)c1CB(O)O. The number of aryl methyl sites for hydroxylation is 2. The second-order valence-electron chi connectivity index (χ2n) is 3.20. The van der Waals surface area contributed by atoms with E-state index in [-0.39, 0.29) is 12.1 Å². The molecule has 2 N–H and O–H groups in total. The number of rotatable bonds is 2. The fourth-order valence-corrected chi connectivity index (χ4v) is 1.45. The molecule has 0 aliphatic carbocycles. The quantitative estimate of drug-likeness (QED) is 0.669. The largest absolute Gasteiger partial charge is 0.456 e. The van der Waals surface area contributed by atoms with E-state index in [1.54, 1.807) is 13.8 Å². The summed E-state index contributed by atoms with van der Waals surface area (Å²) in [6, 6.07) is 2.79. The molecule has 0 bridgehead atoms. The summed E-state index contributed by atoms with van der Waals surface area (Å²) in [6.07, 6.45) is 0.151. The summed E-state index contributed by atoms with van der Waals surface area (Å²) in [5.74, 6) is -0.286. The molecule has 0 amide bonds. The molecule has 0 saturated carbocycles. The van der Waals surface area contributed by atoms with Gasteiger partial charge >= 0.3 is 7.12 Å². The van der Waals surface area contributed by atoms with E-state index >= 15 is 0 Å². The van der Waals surface area contributed by atoms with Gasteiger partial charge in [-0.3, -0.25) is 0 Å². The third-order valence-corrected chi connectivity index (χ3v) is 2.05. The molecule has 1 aromatic carbocycles. The van der Waals surface area contributed by atoms with Gasteiger partial charge in [0.05, 0.1) is 0 Å². The molecule has 1 aromatic rings. The van der Waals surface area contributed by atoms with E-state index in [9.17, 15) is 4.39 Å². The van der Waals surface area contributed by atoms with Crippen molar-refractivity contribution >= 4 is 7.12 Å². The number of halogens is 1. The molecule has 0 fully saturated rings. The zero-order chi connectivity index (χ0) is 10.0. The fraction of sp³-hybridized carbons (Fsp3) is 0.333. The van der Waals surface area contributed by atoms with Crippen molar-refractivity contribution in [2.45, 2.75) is 20.2 Å². The Morgan fingerprint density at radius 2 is 1.69 bits per heavy atom. The maximum atomic E-state index is 12.8. The first kappa shape index (κ1) is 10.2. The van der Waals surface area contributed by atoms with Gasteiger partial charge < -0.3 is 10.0 Å².